The number of aliphatic hydroxyl groups is 1. The van der Waals surface area contributed by atoms with Gasteiger partial charge in [-0.3, -0.25) is 14.5 Å². The fourth-order valence-electron chi connectivity index (χ4n) is 4.12. The van der Waals surface area contributed by atoms with Gasteiger partial charge in [-0.25, -0.2) is 9.37 Å². The Bertz CT molecular complexity index is 1550. The van der Waals surface area contributed by atoms with Crippen molar-refractivity contribution in [1.82, 2.24) is 4.98 Å². The average molecular weight is 525 g/mol. The van der Waals surface area contributed by atoms with E-state index < -0.39 is 29.3 Å². The van der Waals surface area contributed by atoms with Gasteiger partial charge in [-0.2, -0.15) is 0 Å². The van der Waals surface area contributed by atoms with Crippen LogP contribution in [0.15, 0.2) is 66.2 Å². The Morgan fingerprint density at radius 1 is 1.03 bits per heavy atom. The average Bonchev–Trinajstić information content (AvgIpc) is 3.41. The highest BCUT2D eigenvalue weighted by Gasteiger charge is 2.48. The molecule has 1 amide bonds. The molecule has 0 bridgehead atoms. The topological polar surface area (TPSA) is 89.0 Å². The van der Waals surface area contributed by atoms with Crippen LogP contribution in [0.25, 0.3) is 16.0 Å². The van der Waals surface area contributed by atoms with Crippen LogP contribution < -0.4 is 14.4 Å². The van der Waals surface area contributed by atoms with E-state index in [1.807, 2.05) is 0 Å². The second-order valence-electron chi connectivity index (χ2n) is 7.90. The first-order chi connectivity index (χ1) is 17.3. The van der Waals surface area contributed by atoms with Crippen molar-refractivity contribution in [2.45, 2.75) is 6.04 Å². The Balaban J connectivity index is 1.75. The van der Waals surface area contributed by atoms with Crippen LogP contribution in [-0.4, -0.2) is 36.0 Å². The molecular weight excluding hydrogens is 507 g/mol. The third-order valence-electron chi connectivity index (χ3n) is 5.83. The van der Waals surface area contributed by atoms with Crippen molar-refractivity contribution in [3.8, 4) is 11.5 Å². The monoisotopic (exact) mass is 524 g/mol. The number of fused-ring (bicyclic) bond motifs is 1. The number of aromatic nitrogens is 1. The lowest BCUT2D eigenvalue weighted by atomic mass is 9.95. The molecule has 2 heterocycles. The number of amides is 1. The van der Waals surface area contributed by atoms with Crippen molar-refractivity contribution in [2.24, 2.45) is 0 Å². The van der Waals surface area contributed by atoms with E-state index in [1.54, 1.807) is 36.4 Å². The van der Waals surface area contributed by atoms with Gasteiger partial charge in [-0.05, 0) is 60.2 Å². The minimum atomic E-state index is -1.04. The van der Waals surface area contributed by atoms with E-state index in [2.05, 4.69) is 4.98 Å². The minimum Gasteiger partial charge on any atom is -0.507 e. The molecule has 3 aromatic carbocycles. The van der Waals surface area contributed by atoms with Gasteiger partial charge in [0.15, 0.2) is 16.6 Å². The number of ether oxygens (including phenoxy) is 2. The number of ketones is 1. The third-order valence-corrected chi connectivity index (χ3v) is 7.08. The molecule has 0 aliphatic carbocycles. The van der Waals surface area contributed by atoms with Crippen LogP contribution >= 0.6 is 22.9 Å². The number of anilines is 1. The van der Waals surface area contributed by atoms with E-state index in [4.69, 9.17) is 21.1 Å². The molecule has 0 spiro atoms. The van der Waals surface area contributed by atoms with Gasteiger partial charge in [-0.1, -0.05) is 29.0 Å². The predicted molar refractivity (Wildman–Crippen MR) is 135 cm³/mol. The Kier molecular flexibility index (Phi) is 6.11. The maximum atomic E-state index is 13.5. The molecule has 10 heteroatoms. The first-order valence-corrected chi connectivity index (χ1v) is 11.9. The number of thiazole rings is 1. The van der Waals surface area contributed by atoms with E-state index in [-0.39, 0.29) is 16.3 Å². The van der Waals surface area contributed by atoms with Crippen LogP contribution in [0.3, 0.4) is 0 Å². The van der Waals surface area contributed by atoms with Crippen LogP contribution in [0.4, 0.5) is 9.52 Å². The second kappa shape index (κ2) is 9.25. The molecule has 1 saturated heterocycles. The van der Waals surface area contributed by atoms with Crippen LogP contribution in [-0.2, 0) is 9.59 Å². The molecule has 36 heavy (non-hydrogen) atoms. The maximum Gasteiger partial charge on any atom is 0.301 e. The number of carbonyl (C=O) groups is 2. The largest absolute Gasteiger partial charge is 0.507 e. The summed E-state index contributed by atoms with van der Waals surface area (Å²) < 4.78 is 25.0. The second-order valence-corrected chi connectivity index (χ2v) is 9.34. The van der Waals surface area contributed by atoms with Crippen LogP contribution in [0.2, 0.25) is 5.02 Å². The molecule has 1 unspecified atom stereocenters. The number of nitrogens with zero attached hydrogens (tertiary/aromatic N) is 2. The van der Waals surface area contributed by atoms with Crippen molar-refractivity contribution in [2.75, 3.05) is 19.1 Å². The molecule has 7 nitrogen and oxygen atoms in total. The van der Waals surface area contributed by atoms with Crippen LogP contribution in [0, 0.1) is 5.82 Å². The van der Waals surface area contributed by atoms with Gasteiger partial charge in [0.25, 0.3) is 5.78 Å². The number of methoxy groups -OCH3 is 2. The Labute approximate surface area is 214 Å². The number of carbonyl (C=O) groups excluding carboxylic acids is 2. The summed E-state index contributed by atoms with van der Waals surface area (Å²) in [5, 5.41) is 11.9. The zero-order valence-corrected chi connectivity index (χ0v) is 20.6. The highest BCUT2D eigenvalue weighted by Crippen LogP contribution is 2.46. The predicted octanol–water partition coefficient (Wildman–Crippen LogP) is 5.73. The van der Waals surface area contributed by atoms with Crippen molar-refractivity contribution < 1.29 is 28.6 Å². The maximum absolute atomic E-state index is 13.5. The molecular formula is C26H18ClFN2O5S. The fraction of sp³-hybridized carbons (Fsp3) is 0.115. The van der Waals surface area contributed by atoms with E-state index in [0.717, 1.165) is 16.8 Å². The molecule has 0 saturated carbocycles. The number of aliphatic hydroxyl groups excluding tert-OH is 1. The van der Waals surface area contributed by atoms with E-state index in [1.165, 1.54) is 42.6 Å². The molecule has 182 valence electrons. The summed E-state index contributed by atoms with van der Waals surface area (Å²) in [4.78, 5) is 32.5. The zero-order valence-electron chi connectivity index (χ0n) is 19.0. The fourth-order valence-corrected chi connectivity index (χ4v) is 5.39. The van der Waals surface area contributed by atoms with Gasteiger partial charge < -0.3 is 14.6 Å². The first kappa shape index (κ1) is 23.8. The quantitative estimate of drug-likeness (QED) is 0.204. The molecule has 0 radical (unpaired) electrons. The first-order valence-electron chi connectivity index (χ1n) is 10.7. The zero-order chi connectivity index (χ0) is 25.6. The van der Waals surface area contributed by atoms with Gasteiger partial charge in [-0.15, -0.1) is 0 Å². The standard InChI is InChI=1S/C26H18ClFN2O5S/c1-34-18-10-5-14(11-19(18)35-2)22-21(23(31)13-3-7-16(28)8-4-13)24(32)25(33)30(22)26-29-17-9-6-15(27)12-20(17)36-26/h3-12,22,31H,1-2H3/b23-21+. The van der Waals surface area contributed by atoms with Gasteiger partial charge >= 0.3 is 5.91 Å². The van der Waals surface area contributed by atoms with Gasteiger partial charge in [0.1, 0.15) is 11.6 Å². The Hall–Kier alpha value is -3.95. The van der Waals surface area contributed by atoms with E-state index >= 15 is 0 Å². The number of halogens is 2. The minimum absolute atomic E-state index is 0.156. The van der Waals surface area contributed by atoms with Crippen molar-refractivity contribution >= 4 is 55.7 Å². The molecule has 1 aromatic heterocycles. The molecule has 1 aliphatic heterocycles. The van der Waals surface area contributed by atoms with E-state index in [9.17, 15) is 19.1 Å². The normalized spacial score (nSPS) is 17.1. The van der Waals surface area contributed by atoms with Crippen molar-refractivity contribution in [3.05, 3.63) is 88.2 Å². The van der Waals surface area contributed by atoms with Gasteiger partial charge in [0.2, 0.25) is 0 Å². The SMILES string of the molecule is COc1ccc(C2/C(=C(\O)c3ccc(F)cc3)C(=O)C(=O)N2c2nc3ccc(Cl)cc3s2)cc1OC. The summed E-state index contributed by atoms with van der Waals surface area (Å²) in [6.45, 7) is 0. The smallest absolute Gasteiger partial charge is 0.301 e. The lowest BCUT2D eigenvalue weighted by Gasteiger charge is -2.23. The summed E-state index contributed by atoms with van der Waals surface area (Å²) >= 11 is 7.31. The summed E-state index contributed by atoms with van der Waals surface area (Å²) in [5.41, 5.74) is 1.12. The number of benzene rings is 3. The van der Waals surface area contributed by atoms with Gasteiger partial charge in [0.05, 0.1) is 36.1 Å². The Morgan fingerprint density at radius 3 is 2.44 bits per heavy atom. The molecule has 1 atom stereocenters. The molecule has 1 fully saturated rings. The molecule has 4 aromatic rings. The summed E-state index contributed by atoms with van der Waals surface area (Å²) in [7, 11) is 2.96. The molecule has 1 aliphatic rings. The number of hydrogen-bond donors (Lipinski definition) is 1. The summed E-state index contributed by atoms with van der Waals surface area (Å²) in [6, 6.07) is 14.0. The van der Waals surface area contributed by atoms with E-state index in [0.29, 0.717) is 27.6 Å². The lowest BCUT2D eigenvalue weighted by Crippen LogP contribution is -2.29. The number of rotatable bonds is 5. The van der Waals surface area contributed by atoms with Crippen LogP contribution in [0.1, 0.15) is 17.2 Å². The summed E-state index contributed by atoms with van der Waals surface area (Å²) in [5.74, 6) is -1.86. The Morgan fingerprint density at radius 2 is 1.75 bits per heavy atom. The van der Waals surface area contributed by atoms with Crippen molar-refractivity contribution in [1.29, 1.82) is 0 Å². The summed E-state index contributed by atoms with van der Waals surface area (Å²) in [6.07, 6.45) is 0. The third kappa shape index (κ3) is 3.96. The number of Topliss-reactive ketones (excluding diaryl/α,β-unsaturated/α-hetero) is 1. The van der Waals surface area contributed by atoms with Crippen molar-refractivity contribution in [3.63, 3.8) is 0 Å². The number of hydrogen-bond acceptors (Lipinski definition) is 7. The molecule has 1 N–H and O–H groups in total. The highest BCUT2D eigenvalue weighted by atomic mass is 35.5. The highest BCUT2D eigenvalue weighted by molar-refractivity contribution is 7.22. The molecule has 5 rings (SSSR count). The van der Waals surface area contributed by atoms with Crippen LogP contribution in [0.5, 0.6) is 11.5 Å². The van der Waals surface area contributed by atoms with Gasteiger partial charge in [0, 0.05) is 10.6 Å². The lowest BCUT2D eigenvalue weighted by molar-refractivity contribution is -0.132.